The van der Waals surface area contributed by atoms with Crippen LogP contribution in [0.1, 0.15) is 38.6 Å². The maximum atomic E-state index is 11.2. The molecular weight excluding hydrogens is 230 g/mol. The highest BCUT2D eigenvalue weighted by Gasteiger charge is 2.37. The van der Waals surface area contributed by atoms with Crippen LogP contribution in [-0.4, -0.2) is 39.0 Å². The maximum Gasteiger partial charge on any atom is 0.305 e. The SMILES string of the molecule is CCN(CC)C(C)(CC(=O)O)c1nccnc1C. The van der Waals surface area contributed by atoms with Crippen LogP contribution in [0, 0.1) is 6.92 Å². The van der Waals surface area contributed by atoms with Gasteiger partial charge in [0.05, 0.1) is 23.3 Å². The average Bonchev–Trinajstić information content (AvgIpc) is 2.29. The van der Waals surface area contributed by atoms with Gasteiger partial charge in [0, 0.05) is 12.4 Å². The molecule has 1 rings (SSSR count). The molecule has 1 aromatic rings. The van der Waals surface area contributed by atoms with Crippen molar-refractivity contribution in [2.75, 3.05) is 13.1 Å². The van der Waals surface area contributed by atoms with Crippen molar-refractivity contribution in [2.24, 2.45) is 0 Å². The molecule has 100 valence electrons. The monoisotopic (exact) mass is 251 g/mol. The predicted molar refractivity (Wildman–Crippen MR) is 69.3 cm³/mol. The molecule has 0 radical (unpaired) electrons. The smallest absolute Gasteiger partial charge is 0.305 e. The van der Waals surface area contributed by atoms with Gasteiger partial charge in [0.15, 0.2) is 0 Å². The van der Waals surface area contributed by atoms with E-state index in [1.807, 2.05) is 27.7 Å². The van der Waals surface area contributed by atoms with E-state index in [1.165, 1.54) is 0 Å². The maximum absolute atomic E-state index is 11.2. The lowest BCUT2D eigenvalue weighted by Gasteiger charge is -2.39. The van der Waals surface area contributed by atoms with E-state index in [0.29, 0.717) is 0 Å². The fourth-order valence-corrected chi connectivity index (χ4v) is 2.50. The first-order valence-corrected chi connectivity index (χ1v) is 6.20. The first-order chi connectivity index (χ1) is 8.45. The van der Waals surface area contributed by atoms with E-state index in [-0.39, 0.29) is 6.42 Å². The van der Waals surface area contributed by atoms with Crippen molar-refractivity contribution in [3.05, 3.63) is 23.8 Å². The molecule has 0 aliphatic rings. The molecule has 1 aromatic heterocycles. The fraction of sp³-hybridized carbons (Fsp3) is 0.615. The second-order valence-corrected chi connectivity index (χ2v) is 4.51. The van der Waals surface area contributed by atoms with Gasteiger partial charge in [0.1, 0.15) is 0 Å². The minimum absolute atomic E-state index is 0.0220. The third-order valence-electron chi connectivity index (χ3n) is 3.35. The van der Waals surface area contributed by atoms with E-state index in [4.69, 9.17) is 5.11 Å². The summed E-state index contributed by atoms with van der Waals surface area (Å²) in [5.41, 5.74) is 0.914. The first kappa shape index (κ1) is 14.6. The summed E-state index contributed by atoms with van der Waals surface area (Å²) < 4.78 is 0. The summed E-state index contributed by atoms with van der Waals surface area (Å²) in [6, 6.07) is 0. The zero-order valence-electron chi connectivity index (χ0n) is 11.5. The Bertz CT molecular complexity index is 418. The molecule has 0 saturated heterocycles. The Kier molecular flexibility index (Phi) is 4.78. The Morgan fingerprint density at radius 2 is 1.89 bits per heavy atom. The molecule has 0 aromatic carbocycles. The summed E-state index contributed by atoms with van der Waals surface area (Å²) in [5, 5.41) is 9.17. The molecule has 18 heavy (non-hydrogen) atoms. The Balaban J connectivity index is 3.27. The van der Waals surface area contributed by atoms with E-state index in [1.54, 1.807) is 12.4 Å². The van der Waals surface area contributed by atoms with E-state index in [9.17, 15) is 4.79 Å². The van der Waals surface area contributed by atoms with Gasteiger partial charge in [-0.2, -0.15) is 0 Å². The number of hydrogen-bond donors (Lipinski definition) is 1. The van der Waals surface area contributed by atoms with Crippen LogP contribution in [0.5, 0.6) is 0 Å². The zero-order valence-corrected chi connectivity index (χ0v) is 11.5. The van der Waals surface area contributed by atoms with Crippen molar-refractivity contribution in [1.29, 1.82) is 0 Å². The number of aliphatic carboxylic acids is 1. The van der Waals surface area contributed by atoms with Crippen molar-refractivity contribution in [3.63, 3.8) is 0 Å². The number of carboxylic acids is 1. The third-order valence-corrected chi connectivity index (χ3v) is 3.35. The van der Waals surface area contributed by atoms with Crippen molar-refractivity contribution in [2.45, 2.75) is 39.7 Å². The van der Waals surface area contributed by atoms with Gasteiger partial charge in [0.25, 0.3) is 0 Å². The minimum Gasteiger partial charge on any atom is -0.481 e. The van der Waals surface area contributed by atoms with Crippen molar-refractivity contribution < 1.29 is 9.90 Å². The summed E-state index contributed by atoms with van der Waals surface area (Å²) in [7, 11) is 0. The second kappa shape index (κ2) is 5.91. The summed E-state index contributed by atoms with van der Waals surface area (Å²) in [4.78, 5) is 21.8. The number of carbonyl (C=O) groups is 1. The molecule has 0 saturated carbocycles. The quantitative estimate of drug-likeness (QED) is 0.835. The fourth-order valence-electron chi connectivity index (χ4n) is 2.50. The van der Waals surface area contributed by atoms with Gasteiger partial charge >= 0.3 is 5.97 Å². The van der Waals surface area contributed by atoms with Gasteiger partial charge < -0.3 is 5.11 Å². The van der Waals surface area contributed by atoms with Crippen LogP contribution in [-0.2, 0) is 10.3 Å². The Morgan fingerprint density at radius 3 is 2.33 bits per heavy atom. The van der Waals surface area contributed by atoms with Crippen molar-refractivity contribution in [3.8, 4) is 0 Å². The molecule has 0 aliphatic heterocycles. The van der Waals surface area contributed by atoms with Crippen LogP contribution in [0.15, 0.2) is 12.4 Å². The topological polar surface area (TPSA) is 66.3 Å². The van der Waals surface area contributed by atoms with Gasteiger partial charge in [-0.05, 0) is 26.9 Å². The van der Waals surface area contributed by atoms with Gasteiger partial charge in [-0.25, -0.2) is 0 Å². The minimum atomic E-state index is -0.825. The summed E-state index contributed by atoms with van der Waals surface area (Å²) >= 11 is 0. The van der Waals surface area contributed by atoms with E-state index >= 15 is 0 Å². The van der Waals surface area contributed by atoms with E-state index in [2.05, 4.69) is 14.9 Å². The Morgan fingerprint density at radius 1 is 1.33 bits per heavy atom. The van der Waals surface area contributed by atoms with Gasteiger partial charge in [-0.15, -0.1) is 0 Å². The lowest BCUT2D eigenvalue weighted by molar-refractivity contribution is -0.140. The van der Waals surface area contributed by atoms with Gasteiger partial charge in [-0.1, -0.05) is 13.8 Å². The van der Waals surface area contributed by atoms with Gasteiger partial charge in [-0.3, -0.25) is 19.7 Å². The number of rotatable bonds is 6. The molecule has 0 spiro atoms. The third kappa shape index (κ3) is 2.85. The van der Waals surface area contributed by atoms with Crippen molar-refractivity contribution >= 4 is 5.97 Å². The van der Waals surface area contributed by atoms with E-state index < -0.39 is 11.5 Å². The number of aryl methyl sites for hydroxylation is 1. The highest BCUT2D eigenvalue weighted by molar-refractivity contribution is 5.68. The zero-order chi connectivity index (χ0) is 13.8. The molecule has 0 bridgehead atoms. The number of hydrogen-bond acceptors (Lipinski definition) is 4. The predicted octanol–water partition coefficient (Wildman–Crippen LogP) is 1.82. The van der Waals surface area contributed by atoms with Gasteiger partial charge in [0.2, 0.25) is 0 Å². The van der Waals surface area contributed by atoms with Crippen LogP contribution < -0.4 is 0 Å². The first-order valence-electron chi connectivity index (χ1n) is 6.20. The summed E-state index contributed by atoms with van der Waals surface area (Å²) in [6.45, 7) is 9.38. The molecule has 5 heteroatoms. The highest BCUT2D eigenvalue weighted by atomic mass is 16.4. The molecular formula is C13H21N3O2. The molecule has 0 aliphatic carbocycles. The molecule has 0 amide bonds. The molecule has 1 heterocycles. The molecule has 5 nitrogen and oxygen atoms in total. The summed E-state index contributed by atoms with van der Waals surface area (Å²) in [6.07, 6.45) is 3.27. The molecule has 1 unspecified atom stereocenters. The number of carboxylic acid groups (broad SMARTS) is 1. The lowest BCUT2D eigenvalue weighted by atomic mass is 9.89. The summed E-state index contributed by atoms with van der Waals surface area (Å²) in [5.74, 6) is -0.825. The largest absolute Gasteiger partial charge is 0.481 e. The molecule has 1 N–H and O–H groups in total. The number of aromatic nitrogens is 2. The highest BCUT2D eigenvalue weighted by Crippen LogP contribution is 2.31. The van der Waals surface area contributed by atoms with Crippen LogP contribution in [0.4, 0.5) is 0 Å². The Hall–Kier alpha value is -1.49. The Labute approximate surface area is 108 Å². The van der Waals surface area contributed by atoms with Crippen LogP contribution in [0.25, 0.3) is 0 Å². The van der Waals surface area contributed by atoms with Crippen LogP contribution in [0.3, 0.4) is 0 Å². The second-order valence-electron chi connectivity index (χ2n) is 4.51. The van der Waals surface area contributed by atoms with Crippen LogP contribution in [0.2, 0.25) is 0 Å². The lowest BCUT2D eigenvalue weighted by Crippen LogP contribution is -2.46. The van der Waals surface area contributed by atoms with E-state index in [0.717, 1.165) is 24.5 Å². The van der Waals surface area contributed by atoms with Crippen molar-refractivity contribution in [1.82, 2.24) is 14.9 Å². The normalized spacial score (nSPS) is 14.5. The standard InChI is InChI=1S/C13H21N3O2/c1-5-16(6-2)13(4,9-11(17)18)12-10(3)14-7-8-15-12/h7-8H,5-6,9H2,1-4H3,(H,17,18). The van der Waals surface area contributed by atoms with Crippen LogP contribution >= 0.6 is 0 Å². The number of nitrogens with zero attached hydrogens (tertiary/aromatic N) is 3. The average molecular weight is 251 g/mol. The molecule has 0 fully saturated rings. The molecule has 1 atom stereocenters.